The second-order valence-corrected chi connectivity index (χ2v) is 9.70. The zero-order chi connectivity index (χ0) is 22.7. The van der Waals surface area contributed by atoms with Crippen LogP contribution in [0.5, 0.6) is 5.75 Å². The molecule has 172 valence electrons. The maximum Gasteiger partial charge on any atom is 0.208 e. The fraction of sp³-hybridized carbons (Fsp3) is 0.522. The van der Waals surface area contributed by atoms with Gasteiger partial charge in [0.1, 0.15) is 24.2 Å². The highest BCUT2D eigenvalue weighted by Gasteiger charge is 2.39. The van der Waals surface area contributed by atoms with E-state index >= 15 is 0 Å². The van der Waals surface area contributed by atoms with E-state index in [0.29, 0.717) is 18.7 Å². The van der Waals surface area contributed by atoms with Crippen LogP contribution in [-0.4, -0.2) is 56.0 Å². The van der Waals surface area contributed by atoms with Gasteiger partial charge in [-0.3, -0.25) is 4.79 Å². The van der Waals surface area contributed by atoms with E-state index in [9.17, 15) is 23.4 Å². The fourth-order valence-electron chi connectivity index (χ4n) is 3.54. The van der Waals surface area contributed by atoms with Crippen LogP contribution in [0.15, 0.2) is 54.6 Å². The molecule has 1 aliphatic rings. The van der Waals surface area contributed by atoms with Gasteiger partial charge in [-0.25, -0.2) is 13.1 Å². The second-order valence-electron chi connectivity index (χ2n) is 7.87. The van der Waals surface area contributed by atoms with Crippen LogP contribution in [0.1, 0.15) is 32.1 Å². The van der Waals surface area contributed by atoms with Crippen molar-refractivity contribution in [3.05, 3.63) is 54.6 Å². The molecule has 0 unspecified atom stereocenters. The van der Waals surface area contributed by atoms with Gasteiger partial charge in [0.25, 0.3) is 0 Å². The zero-order valence-electron chi connectivity index (χ0n) is 17.9. The first-order valence-corrected chi connectivity index (χ1v) is 12.5. The standard InChI is InChI=1S/C23H33NO6S/c1-31(28,29)24-15-9-4-2-3-8-12-20-21(23(27)16-22(20)26)14-13-18(25)17-30-19-10-6-5-7-11-19/h3,5-8,10-11,13-14,18,20-21,23-25,27H,2,4,9,12,15-17H2,1H3/b8-3-,14-13+/t18-,20-,21-,23-/m1/s1. The van der Waals surface area contributed by atoms with Gasteiger partial charge in [-0.05, 0) is 37.8 Å². The van der Waals surface area contributed by atoms with Crippen LogP contribution in [0.2, 0.25) is 0 Å². The number of unbranched alkanes of at least 4 members (excludes halogenated alkanes) is 2. The number of aliphatic hydroxyl groups is 2. The summed E-state index contributed by atoms with van der Waals surface area (Å²) in [5.41, 5.74) is 0. The lowest BCUT2D eigenvalue weighted by Crippen LogP contribution is -2.22. The summed E-state index contributed by atoms with van der Waals surface area (Å²) >= 11 is 0. The summed E-state index contributed by atoms with van der Waals surface area (Å²) in [5.74, 6) is 0.0550. The Morgan fingerprint density at radius 3 is 2.68 bits per heavy atom. The van der Waals surface area contributed by atoms with Crippen LogP contribution in [0.4, 0.5) is 0 Å². The highest BCUT2D eigenvalue weighted by atomic mass is 32.2. The number of ether oxygens (including phenoxy) is 1. The molecule has 4 atom stereocenters. The molecule has 0 amide bonds. The Balaban J connectivity index is 1.75. The Morgan fingerprint density at radius 2 is 1.97 bits per heavy atom. The van der Waals surface area contributed by atoms with E-state index in [1.54, 1.807) is 24.3 Å². The van der Waals surface area contributed by atoms with Crippen molar-refractivity contribution in [3.8, 4) is 5.75 Å². The van der Waals surface area contributed by atoms with Crippen molar-refractivity contribution in [1.29, 1.82) is 0 Å². The summed E-state index contributed by atoms with van der Waals surface area (Å²) in [4.78, 5) is 12.3. The minimum Gasteiger partial charge on any atom is -0.491 e. The van der Waals surface area contributed by atoms with Crippen molar-refractivity contribution >= 4 is 15.8 Å². The molecule has 31 heavy (non-hydrogen) atoms. The molecule has 3 N–H and O–H groups in total. The highest BCUT2D eigenvalue weighted by Crippen LogP contribution is 2.33. The number of nitrogens with one attached hydrogen (secondary N) is 1. The Morgan fingerprint density at radius 1 is 1.23 bits per heavy atom. The molecule has 1 aliphatic carbocycles. The molecular formula is C23H33NO6S. The van der Waals surface area contributed by atoms with E-state index in [0.717, 1.165) is 25.5 Å². The predicted molar refractivity (Wildman–Crippen MR) is 120 cm³/mol. The van der Waals surface area contributed by atoms with Gasteiger partial charge >= 0.3 is 0 Å². The molecule has 2 rings (SSSR count). The third-order valence-corrected chi connectivity index (χ3v) is 5.90. The van der Waals surface area contributed by atoms with Crippen molar-refractivity contribution in [2.24, 2.45) is 11.8 Å². The van der Waals surface area contributed by atoms with Crippen molar-refractivity contribution in [1.82, 2.24) is 4.72 Å². The van der Waals surface area contributed by atoms with Gasteiger partial charge in [0.05, 0.1) is 12.4 Å². The van der Waals surface area contributed by atoms with Crippen LogP contribution >= 0.6 is 0 Å². The number of aliphatic hydroxyl groups excluding tert-OH is 2. The van der Waals surface area contributed by atoms with E-state index in [1.807, 2.05) is 30.4 Å². The van der Waals surface area contributed by atoms with Crippen molar-refractivity contribution in [3.63, 3.8) is 0 Å². The van der Waals surface area contributed by atoms with Gasteiger partial charge in [0, 0.05) is 24.8 Å². The molecule has 0 radical (unpaired) electrons. The fourth-order valence-corrected chi connectivity index (χ4v) is 4.06. The number of hydrogen-bond acceptors (Lipinski definition) is 6. The Hall–Kier alpha value is -2.00. The molecule has 1 aromatic carbocycles. The van der Waals surface area contributed by atoms with Gasteiger partial charge in [0.15, 0.2) is 0 Å². The predicted octanol–water partition coefficient (Wildman–Crippen LogP) is 2.21. The third-order valence-electron chi connectivity index (χ3n) is 5.17. The number of hydrogen-bond donors (Lipinski definition) is 3. The first kappa shape index (κ1) is 25.3. The smallest absolute Gasteiger partial charge is 0.208 e. The lowest BCUT2D eigenvalue weighted by molar-refractivity contribution is -0.121. The summed E-state index contributed by atoms with van der Waals surface area (Å²) in [7, 11) is -3.14. The van der Waals surface area contributed by atoms with Crippen LogP contribution in [0.3, 0.4) is 0 Å². The summed E-state index contributed by atoms with van der Waals surface area (Å²) in [6.45, 7) is 0.513. The molecule has 7 nitrogen and oxygen atoms in total. The van der Waals surface area contributed by atoms with Crippen molar-refractivity contribution < 1.29 is 28.2 Å². The first-order valence-electron chi connectivity index (χ1n) is 10.6. The van der Waals surface area contributed by atoms with Crippen LogP contribution in [0, 0.1) is 11.8 Å². The van der Waals surface area contributed by atoms with Crippen LogP contribution in [0.25, 0.3) is 0 Å². The van der Waals surface area contributed by atoms with E-state index in [-0.39, 0.29) is 30.6 Å². The van der Waals surface area contributed by atoms with Gasteiger partial charge in [0.2, 0.25) is 10.0 Å². The quantitative estimate of drug-likeness (QED) is 0.313. The lowest BCUT2D eigenvalue weighted by Gasteiger charge is -2.17. The third kappa shape index (κ3) is 9.78. The van der Waals surface area contributed by atoms with E-state index < -0.39 is 22.2 Å². The Kier molecular flexibility index (Phi) is 10.4. The minimum absolute atomic E-state index is 0.0270. The van der Waals surface area contributed by atoms with Crippen molar-refractivity contribution in [2.45, 2.75) is 44.3 Å². The zero-order valence-corrected chi connectivity index (χ0v) is 18.7. The summed E-state index contributed by atoms with van der Waals surface area (Å²) < 4.78 is 30.0. The average Bonchev–Trinajstić information content (AvgIpc) is 2.99. The highest BCUT2D eigenvalue weighted by molar-refractivity contribution is 7.88. The number of rotatable bonds is 13. The normalized spacial score (nSPS) is 23.1. The summed E-state index contributed by atoms with van der Waals surface area (Å²) in [5, 5.41) is 20.4. The molecule has 0 aromatic heterocycles. The van der Waals surface area contributed by atoms with E-state index in [2.05, 4.69) is 4.72 Å². The summed E-state index contributed by atoms with van der Waals surface area (Å²) in [6, 6.07) is 9.19. The van der Waals surface area contributed by atoms with Crippen molar-refractivity contribution in [2.75, 3.05) is 19.4 Å². The van der Waals surface area contributed by atoms with Crippen LogP contribution in [-0.2, 0) is 14.8 Å². The minimum atomic E-state index is -3.14. The molecule has 1 saturated carbocycles. The number of para-hydroxylation sites is 1. The number of sulfonamides is 1. The second kappa shape index (κ2) is 12.8. The molecule has 0 spiro atoms. The molecule has 0 saturated heterocycles. The van der Waals surface area contributed by atoms with E-state index in [4.69, 9.17) is 4.74 Å². The molecule has 0 heterocycles. The number of allylic oxidation sites excluding steroid dienone is 2. The molecule has 8 heteroatoms. The maximum absolute atomic E-state index is 12.3. The molecule has 1 fully saturated rings. The number of carbonyl (C=O) groups excluding carboxylic acids is 1. The SMILES string of the molecule is CS(=O)(=O)NCCCC/C=C\C[C@H]1C(=O)C[C@@H](O)[C@@H]1/C=C/[C@@H](O)COc1ccccc1. The Bertz CT molecular complexity index is 837. The topological polar surface area (TPSA) is 113 Å². The Labute approximate surface area is 184 Å². The largest absolute Gasteiger partial charge is 0.491 e. The first-order chi connectivity index (χ1) is 14.8. The number of benzene rings is 1. The average molecular weight is 452 g/mol. The molecule has 0 aliphatic heterocycles. The number of ketones is 1. The molecule has 0 bridgehead atoms. The lowest BCUT2D eigenvalue weighted by atomic mass is 9.90. The van der Waals surface area contributed by atoms with Gasteiger partial charge in [-0.1, -0.05) is 42.5 Å². The van der Waals surface area contributed by atoms with Gasteiger partial charge in [-0.2, -0.15) is 0 Å². The molecule has 1 aromatic rings. The maximum atomic E-state index is 12.3. The van der Waals surface area contributed by atoms with Gasteiger partial charge < -0.3 is 14.9 Å². The van der Waals surface area contributed by atoms with E-state index in [1.165, 1.54) is 0 Å². The number of carbonyl (C=O) groups is 1. The molecular weight excluding hydrogens is 418 g/mol. The number of Topliss-reactive ketones (excluding diaryl/α,β-unsaturated/α-hetero) is 1. The monoisotopic (exact) mass is 451 g/mol. The summed E-state index contributed by atoms with van der Waals surface area (Å²) in [6.07, 6.45) is 9.85. The van der Waals surface area contributed by atoms with Gasteiger partial charge in [-0.15, -0.1) is 0 Å². The van der Waals surface area contributed by atoms with Crippen LogP contribution < -0.4 is 9.46 Å².